The summed E-state index contributed by atoms with van der Waals surface area (Å²) >= 11 is 0. The molecule has 206 valence electrons. The summed E-state index contributed by atoms with van der Waals surface area (Å²) < 4.78 is 23.2. The number of nitrogens with zero attached hydrogens (tertiary/aromatic N) is 4. The van der Waals surface area contributed by atoms with Crippen LogP contribution in [-0.2, 0) is 16.1 Å². The lowest BCUT2D eigenvalue weighted by molar-refractivity contribution is -0.156. The molecule has 0 fully saturated rings. The van der Waals surface area contributed by atoms with Gasteiger partial charge in [-0.1, -0.05) is 18.2 Å². The molecule has 1 unspecified atom stereocenters. The van der Waals surface area contributed by atoms with Gasteiger partial charge in [0.2, 0.25) is 5.88 Å². The second kappa shape index (κ2) is 12.8. The number of hydrogen-bond acceptors (Lipinski definition) is 9. The van der Waals surface area contributed by atoms with E-state index in [9.17, 15) is 4.79 Å². The van der Waals surface area contributed by atoms with Crippen molar-refractivity contribution in [3.8, 4) is 17.2 Å². The zero-order valence-corrected chi connectivity index (χ0v) is 23.6. The second-order valence-corrected chi connectivity index (χ2v) is 9.53. The molecule has 10 heteroatoms. The number of aliphatic imine (C=N–C) groups is 1. The molecule has 0 aliphatic carbocycles. The third kappa shape index (κ3) is 7.03. The summed E-state index contributed by atoms with van der Waals surface area (Å²) in [7, 11) is 12.5. The minimum absolute atomic E-state index is 0.257. The number of methoxy groups -OCH3 is 2. The molecule has 3 rings (SSSR count). The maximum atomic E-state index is 13.7. The second-order valence-electron chi connectivity index (χ2n) is 9.53. The Balaban J connectivity index is 1.94. The molecule has 1 N–H and O–H groups in total. The number of carbonyl (C=O) groups excluding carboxylic acids is 1. The van der Waals surface area contributed by atoms with Crippen LogP contribution in [0.25, 0.3) is 0 Å². The fourth-order valence-electron chi connectivity index (χ4n) is 3.78. The summed E-state index contributed by atoms with van der Waals surface area (Å²) in [5.74, 6) is 0.664. The summed E-state index contributed by atoms with van der Waals surface area (Å²) in [6.45, 7) is 3.37. The molecule has 0 radical (unpaired) electrons. The highest BCUT2D eigenvalue weighted by Gasteiger charge is 2.40. The first-order valence-corrected chi connectivity index (χ1v) is 12.3. The number of likely N-dealkylation sites (N-methyl/N-ethyl adjacent to an activating group) is 2. The maximum absolute atomic E-state index is 13.7. The van der Waals surface area contributed by atoms with Crippen LogP contribution in [0.5, 0.6) is 17.2 Å². The fourth-order valence-corrected chi connectivity index (χ4v) is 3.78. The lowest BCUT2D eigenvalue weighted by atomic mass is 10.1. The van der Waals surface area contributed by atoms with Crippen molar-refractivity contribution in [1.29, 1.82) is 0 Å². The predicted molar refractivity (Wildman–Crippen MR) is 147 cm³/mol. The standard InChI is InChI=1S/C28H39N5O5/c1-20-11-9-10-12-25(20)38-26-24(18-29-28(30-26,32(4)5)37-14-13-31(2)3)27(34)33(6)19-21-15-22(35-7)17-23(16-21)36-8/h9-12,15-18,30H,13-14,19H2,1-8H3. The van der Waals surface area contributed by atoms with E-state index in [4.69, 9.17) is 18.9 Å². The number of rotatable bonds is 12. The number of ether oxygens (including phenoxy) is 4. The van der Waals surface area contributed by atoms with E-state index < -0.39 is 5.97 Å². The van der Waals surface area contributed by atoms with Crippen molar-refractivity contribution in [1.82, 2.24) is 20.0 Å². The number of hydrogen-bond donors (Lipinski definition) is 1. The third-order valence-corrected chi connectivity index (χ3v) is 6.05. The number of benzene rings is 2. The van der Waals surface area contributed by atoms with Crippen LogP contribution in [-0.4, -0.2) is 95.4 Å². The number of aryl methyl sites for hydroxylation is 1. The van der Waals surface area contributed by atoms with Gasteiger partial charge < -0.3 is 28.7 Å². The van der Waals surface area contributed by atoms with E-state index in [1.807, 2.05) is 76.4 Å². The van der Waals surface area contributed by atoms with E-state index in [-0.39, 0.29) is 17.4 Å². The molecule has 0 aromatic heterocycles. The van der Waals surface area contributed by atoms with Gasteiger partial charge in [0.1, 0.15) is 22.8 Å². The van der Waals surface area contributed by atoms with Gasteiger partial charge in [-0.15, -0.1) is 0 Å². The van der Waals surface area contributed by atoms with Gasteiger partial charge in [-0.3, -0.25) is 10.1 Å². The molecular formula is C28H39N5O5. The van der Waals surface area contributed by atoms with Gasteiger partial charge in [-0.2, -0.15) is 0 Å². The molecule has 38 heavy (non-hydrogen) atoms. The first-order valence-electron chi connectivity index (χ1n) is 12.3. The van der Waals surface area contributed by atoms with Crippen LogP contribution in [0.2, 0.25) is 0 Å². The van der Waals surface area contributed by atoms with Crippen LogP contribution in [0.3, 0.4) is 0 Å². The van der Waals surface area contributed by atoms with Crippen LogP contribution in [0.4, 0.5) is 0 Å². The highest BCUT2D eigenvalue weighted by molar-refractivity contribution is 6.12. The van der Waals surface area contributed by atoms with Crippen molar-refractivity contribution < 1.29 is 23.7 Å². The Morgan fingerprint density at radius 3 is 2.24 bits per heavy atom. The summed E-state index contributed by atoms with van der Waals surface area (Å²) in [6.07, 6.45) is 1.52. The van der Waals surface area contributed by atoms with Crippen molar-refractivity contribution in [2.75, 3.05) is 62.6 Å². The molecule has 1 aliphatic rings. The molecule has 0 spiro atoms. The monoisotopic (exact) mass is 525 g/mol. The normalized spacial score (nSPS) is 17.0. The minimum atomic E-state index is -1.24. The van der Waals surface area contributed by atoms with Gasteiger partial charge in [0, 0.05) is 32.4 Å². The first-order chi connectivity index (χ1) is 18.1. The van der Waals surface area contributed by atoms with Crippen molar-refractivity contribution in [3.05, 3.63) is 65.0 Å². The number of para-hydroxylation sites is 1. The van der Waals surface area contributed by atoms with Crippen molar-refractivity contribution in [3.63, 3.8) is 0 Å². The Labute approximate surface area is 225 Å². The maximum Gasteiger partial charge on any atom is 0.304 e. The molecule has 0 bridgehead atoms. The van der Waals surface area contributed by atoms with Crippen LogP contribution in [0, 0.1) is 6.92 Å². The summed E-state index contributed by atoms with van der Waals surface area (Å²) in [6, 6.07) is 13.1. The van der Waals surface area contributed by atoms with Crippen LogP contribution < -0.4 is 19.5 Å². The highest BCUT2D eigenvalue weighted by atomic mass is 16.6. The molecule has 1 aliphatic heterocycles. The number of nitrogens with one attached hydrogen (secondary N) is 1. The predicted octanol–water partition coefficient (Wildman–Crippen LogP) is 2.69. The van der Waals surface area contributed by atoms with Crippen LogP contribution in [0.15, 0.2) is 58.9 Å². The quantitative estimate of drug-likeness (QED) is 0.424. The molecule has 1 atom stereocenters. The van der Waals surface area contributed by atoms with Gasteiger partial charge >= 0.3 is 5.97 Å². The zero-order chi connectivity index (χ0) is 27.9. The van der Waals surface area contributed by atoms with E-state index >= 15 is 0 Å². The van der Waals surface area contributed by atoms with Crippen molar-refractivity contribution >= 4 is 12.1 Å². The molecule has 1 amide bonds. The van der Waals surface area contributed by atoms with Gasteiger partial charge in [0.25, 0.3) is 5.91 Å². The van der Waals surface area contributed by atoms with E-state index in [1.165, 1.54) is 6.21 Å². The molecule has 2 aromatic rings. The lowest BCUT2D eigenvalue weighted by Crippen LogP contribution is -2.59. The Hall–Kier alpha value is -3.60. The summed E-state index contributed by atoms with van der Waals surface area (Å²) in [5, 5.41) is 3.26. The van der Waals surface area contributed by atoms with Gasteiger partial charge in [-0.25, -0.2) is 9.89 Å². The summed E-state index contributed by atoms with van der Waals surface area (Å²) in [5.41, 5.74) is 2.06. The summed E-state index contributed by atoms with van der Waals surface area (Å²) in [4.78, 5) is 23.8. The van der Waals surface area contributed by atoms with Crippen molar-refractivity contribution in [2.24, 2.45) is 4.99 Å². The van der Waals surface area contributed by atoms with E-state index in [0.717, 1.165) is 11.1 Å². The first kappa shape index (κ1) is 29.0. The van der Waals surface area contributed by atoms with Gasteiger partial charge in [0.15, 0.2) is 0 Å². The van der Waals surface area contributed by atoms with Gasteiger partial charge in [-0.05, 0) is 64.4 Å². The molecule has 10 nitrogen and oxygen atoms in total. The molecule has 2 aromatic carbocycles. The van der Waals surface area contributed by atoms with Crippen LogP contribution in [0.1, 0.15) is 11.1 Å². The van der Waals surface area contributed by atoms with Gasteiger partial charge in [0.05, 0.1) is 20.8 Å². The largest absolute Gasteiger partial charge is 0.497 e. The Bertz CT molecular complexity index is 1160. The smallest absolute Gasteiger partial charge is 0.304 e. The zero-order valence-electron chi connectivity index (χ0n) is 23.6. The Morgan fingerprint density at radius 2 is 1.66 bits per heavy atom. The topological polar surface area (TPSA) is 88.1 Å². The van der Waals surface area contributed by atoms with Crippen LogP contribution >= 0.6 is 0 Å². The SMILES string of the molecule is COc1cc(CN(C)C(=O)C2=C(Oc3ccccc3C)NC(OCCN(C)C)(N(C)C)N=C2)cc(OC)c1. The minimum Gasteiger partial charge on any atom is -0.497 e. The highest BCUT2D eigenvalue weighted by Crippen LogP contribution is 2.27. The number of amides is 1. The third-order valence-electron chi connectivity index (χ3n) is 6.05. The number of carbonyl (C=O) groups is 1. The molecular weight excluding hydrogens is 486 g/mol. The molecule has 0 saturated heterocycles. The van der Waals surface area contributed by atoms with Crippen molar-refractivity contribution in [2.45, 2.75) is 19.4 Å². The average Bonchev–Trinajstić information content (AvgIpc) is 2.89. The Morgan fingerprint density at radius 1 is 1.00 bits per heavy atom. The lowest BCUT2D eigenvalue weighted by Gasteiger charge is -2.39. The fraction of sp³-hybridized carbons (Fsp3) is 0.429. The van der Waals surface area contributed by atoms with E-state index in [0.29, 0.717) is 36.9 Å². The Kier molecular flexibility index (Phi) is 9.73. The van der Waals surface area contributed by atoms with E-state index in [2.05, 4.69) is 10.3 Å². The molecule has 1 heterocycles. The molecule has 0 saturated carbocycles. The van der Waals surface area contributed by atoms with E-state index in [1.54, 1.807) is 37.1 Å². The average molecular weight is 526 g/mol.